The maximum absolute atomic E-state index is 13.2. The fourth-order valence-corrected chi connectivity index (χ4v) is 1.47. The second-order valence-corrected chi connectivity index (χ2v) is 3.20. The summed E-state index contributed by atoms with van der Waals surface area (Å²) in [6.07, 6.45) is -3.81. The molecule has 1 rings (SSSR count). The van der Waals surface area contributed by atoms with Crippen molar-refractivity contribution in [1.82, 2.24) is 0 Å². The van der Waals surface area contributed by atoms with E-state index in [4.69, 9.17) is 11.6 Å². The summed E-state index contributed by atoms with van der Waals surface area (Å²) in [4.78, 5) is 0. The van der Waals surface area contributed by atoms with E-state index < -0.39 is 23.1 Å². The van der Waals surface area contributed by atoms with Crippen molar-refractivity contribution in [2.45, 2.75) is 26.9 Å². The summed E-state index contributed by atoms with van der Waals surface area (Å²) >= 11 is 5.53. The van der Waals surface area contributed by atoms with Crippen LogP contribution in [0.15, 0.2) is 24.3 Å². The summed E-state index contributed by atoms with van der Waals surface area (Å²) in [5, 5.41) is -0.250. The van der Waals surface area contributed by atoms with E-state index in [-0.39, 0.29) is 5.02 Å². The number of alkyl halides is 3. The van der Waals surface area contributed by atoms with Gasteiger partial charge in [-0.05, 0) is 19.1 Å². The van der Waals surface area contributed by atoms with Crippen LogP contribution in [0.3, 0.4) is 0 Å². The summed E-state index contributed by atoms with van der Waals surface area (Å²) < 4.78 is 50.6. The van der Waals surface area contributed by atoms with E-state index in [1.807, 2.05) is 13.8 Å². The lowest BCUT2D eigenvalue weighted by molar-refractivity contribution is -0.0691. The molecule has 0 spiro atoms. The quantitative estimate of drug-likeness (QED) is 0.592. The lowest BCUT2D eigenvalue weighted by atomic mass is 10.0. The molecule has 1 aromatic rings. The molecule has 5 heteroatoms. The Morgan fingerprint density at radius 2 is 1.76 bits per heavy atom. The second kappa shape index (κ2) is 6.64. The van der Waals surface area contributed by atoms with Crippen molar-refractivity contribution in [3.05, 3.63) is 40.7 Å². The highest BCUT2D eigenvalue weighted by Gasteiger charge is 2.36. The number of hydrogen-bond acceptors (Lipinski definition) is 0. The number of hydrogen-bond donors (Lipinski definition) is 0. The van der Waals surface area contributed by atoms with Gasteiger partial charge in [0.15, 0.2) is 0 Å². The van der Waals surface area contributed by atoms with Crippen LogP contribution < -0.4 is 0 Å². The molecule has 0 atom stereocenters. The van der Waals surface area contributed by atoms with Crippen molar-refractivity contribution in [3.8, 4) is 0 Å². The Hall–Kier alpha value is -1.03. The molecule has 0 aromatic heterocycles. The summed E-state index contributed by atoms with van der Waals surface area (Å²) in [5.74, 6) is -0.979. The van der Waals surface area contributed by atoms with Crippen LogP contribution in [0.25, 0.3) is 5.57 Å². The summed E-state index contributed by atoms with van der Waals surface area (Å²) in [6, 6.07) is 3.41. The first kappa shape index (κ1) is 16.0. The standard InChI is InChI=1S/C10H7ClF4.C2H6/c1-2-6(10(13,14)15)9-7(11)4-3-5-8(9)12;1-2/h2-5H,1H3;1-2H3/b6-2-;. The predicted molar refractivity (Wildman–Crippen MR) is 62.5 cm³/mol. The molecular formula is C12H13ClF4. The molecule has 0 bridgehead atoms. The number of benzene rings is 1. The van der Waals surface area contributed by atoms with Gasteiger partial charge >= 0.3 is 6.18 Å². The van der Waals surface area contributed by atoms with Crippen molar-refractivity contribution in [2.75, 3.05) is 0 Å². The van der Waals surface area contributed by atoms with Gasteiger partial charge in [-0.15, -0.1) is 0 Å². The van der Waals surface area contributed by atoms with Gasteiger partial charge in [-0.3, -0.25) is 0 Å². The highest BCUT2D eigenvalue weighted by Crippen LogP contribution is 2.38. The van der Waals surface area contributed by atoms with E-state index in [9.17, 15) is 17.6 Å². The SMILES string of the molecule is C/C=C(/c1c(F)cccc1Cl)C(F)(F)F.CC. The fraction of sp³-hybridized carbons (Fsp3) is 0.333. The molecule has 0 aliphatic heterocycles. The van der Waals surface area contributed by atoms with Gasteiger partial charge in [-0.1, -0.05) is 37.6 Å². The molecule has 0 saturated carbocycles. The number of rotatable bonds is 1. The molecule has 0 unspecified atom stereocenters. The van der Waals surface area contributed by atoms with Gasteiger partial charge in [-0.25, -0.2) is 4.39 Å². The molecule has 0 saturated heterocycles. The molecule has 1 aromatic carbocycles. The van der Waals surface area contributed by atoms with Crippen LogP contribution in [-0.4, -0.2) is 6.18 Å². The van der Waals surface area contributed by atoms with Crippen molar-refractivity contribution in [1.29, 1.82) is 0 Å². The molecule has 0 aliphatic carbocycles. The first-order valence-corrected chi connectivity index (χ1v) is 5.43. The lowest BCUT2D eigenvalue weighted by Gasteiger charge is -2.13. The molecule has 0 radical (unpaired) electrons. The van der Waals surface area contributed by atoms with Gasteiger partial charge in [0.2, 0.25) is 0 Å². The van der Waals surface area contributed by atoms with Crippen molar-refractivity contribution in [2.24, 2.45) is 0 Å². The van der Waals surface area contributed by atoms with Crippen LogP contribution in [0.2, 0.25) is 5.02 Å². The van der Waals surface area contributed by atoms with Crippen LogP contribution in [0.4, 0.5) is 17.6 Å². The highest BCUT2D eigenvalue weighted by atomic mass is 35.5. The van der Waals surface area contributed by atoms with E-state index in [1.165, 1.54) is 19.1 Å². The average molecular weight is 269 g/mol. The minimum Gasteiger partial charge on any atom is -0.206 e. The minimum absolute atomic E-state index is 0.250. The Bertz CT molecular complexity index is 374. The average Bonchev–Trinajstić information content (AvgIpc) is 2.24. The Labute approximate surface area is 103 Å². The summed E-state index contributed by atoms with van der Waals surface area (Å²) in [7, 11) is 0. The highest BCUT2D eigenvalue weighted by molar-refractivity contribution is 6.32. The lowest BCUT2D eigenvalue weighted by Crippen LogP contribution is -2.12. The predicted octanol–water partition coefficient (Wildman–Crippen LogP) is 5.47. The van der Waals surface area contributed by atoms with Crippen LogP contribution in [0.1, 0.15) is 26.3 Å². The van der Waals surface area contributed by atoms with E-state index in [0.717, 1.165) is 12.1 Å². The third-order valence-electron chi connectivity index (χ3n) is 1.83. The van der Waals surface area contributed by atoms with Crippen LogP contribution in [0, 0.1) is 5.82 Å². The first-order chi connectivity index (χ1) is 7.88. The van der Waals surface area contributed by atoms with E-state index >= 15 is 0 Å². The molecule has 17 heavy (non-hydrogen) atoms. The van der Waals surface area contributed by atoms with E-state index in [1.54, 1.807) is 0 Å². The Kier molecular flexibility index (Phi) is 6.24. The third-order valence-corrected chi connectivity index (χ3v) is 2.14. The smallest absolute Gasteiger partial charge is 0.206 e. The molecule has 0 aliphatic rings. The van der Waals surface area contributed by atoms with Gasteiger partial charge in [0, 0.05) is 5.56 Å². The number of halogens is 5. The minimum atomic E-state index is -4.61. The third kappa shape index (κ3) is 4.04. The first-order valence-electron chi connectivity index (χ1n) is 5.05. The molecular weight excluding hydrogens is 256 g/mol. The maximum atomic E-state index is 13.2. The topological polar surface area (TPSA) is 0 Å². The Morgan fingerprint density at radius 3 is 2.12 bits per heavy atom. The molecule has 0 N–H and O–H groups in total. The van der Waals surface area contributed by atoms with Gasteiger partial charge < -0.3 is 0 Å². The Balaban J connectivity index is 0.00000121. The summed E-state index contributed by atoms with van der Waals surface area (Å²) in [6.45, 7) is 5.19. The van der Waals surface area contributed by atoms with E-state index in [2.05, 4.69) is 0 Å². The molecule has 96 valence electrons. The molecule has 0 amide bonds. The second-order valence-electron chi connectivity index (χ2n) is 2.80. The molecule has 0 nitrogen and oxygen atoms in total. The molecule has 0 heterocycles. The van der Waals surface area contributed by atoms with Crippen LogP contribution >= 0.6 is 11.6 Å². The zero-order chi connectivity index (χ0) is 13.6. The Morgan fingerprint density at radius 1 is 1.24 bits per heavy atom. The molecule has 0 fully saturated rings. The maximum Gasteiger partial charge on any atom is 0.416 e. The van der Waals surface area contributed by atoms with Gasteiger partial charge in [0.25, 0.3) is 0 Å². The van der Waals surface area contributed by atoms with Crippen molar-refractivity contribution >= 4 is 17.2 Å². The zero-order valence-corrected chi connectivity index (χ0v) is 10.5. The van der Waals surface area contributed by atoms with Crippen molar-refractivity contribution in [3.63, 3.8) is 0 Å². The largest absolute Gasteiger partial charge is 0.416 e. The monoisotopic (exact) mass is 268 g/mol. The van der Waals surface area contributed by atoms with Crippen molar-refractivity contribution < 1.29 is 17.6 Å². The van der Waals surface area contributed by atoms with Gasteiger partial charge in [-0.2, -0.15) is 13.2 Å². The number of allylic oxidation sites excluding steroid dienone is 2. The zero-order valence-electron chi connectivity index (χ0n) is 9.70. The van der Waals surface area contributed by atoms with Crippen LogP contribution in [-0.2, 0) is 0 Å². The van der Waals surface area contributed by atoms with Gasteiger partial charge in [0.05, 0.1) is 10.6 Å². The normalized spacial score (nSPS) is 11.9. The van der Waals surface area contributed by atoms with Crippen LogP contribution in [0.5, 0.6) is 0 Å². The fourth-order valence-electron chi connectivity index (χ4n) is 1.20. The van der Waals surface area contributed by atoms with E-state index in [0.29, 0.717) is 0 Å². The van der Waals surface area contributed by atoms with Gasteiger partial charge in [0.1, 0.15) is 5.82 Å². The summed E-state index contributed by atoms with van der Waals surface area (Å²) in [5.41, 5.74) is -1.67.